The van der Waals surface area contributed by atoms with Crippen LogP contribution in [0.4, 0.5) is 5.82 Å². The molecule has 118 valence electrons. The first-order valence-corrected chi connectivity index (χ1v) is 7.41. The van der Waals surface area contributed by atoms with Crippen LogP contribution in [0.15, 0.2) is 18.5 Å². The lowest BCUT2D eigenvalue weighted by Crippen LogP contribution is -2.11. The second-order valence-electron chi connectivity index (χ2n) is 5.40. The molecule has 1 atom stereocenters. The largest absolute Gasteiger partial charge is 0.381 e. The summed E-state index contributed by atoms with van der Waals surface area (Å²) in [7, 11) is 3.62. The number of hydrogen-bond acceptors (Lipinski definition) is 6. The zero-order valence-corrected chi connectivity index (χ0v) is 13.0. The first kappa shape index (κ1) is 14.9. The Morgan fingerprint density at radius 1 is 1.45 bits per heavy atom. The van der Waals surface area contributed by atoms with E-state index >= 15 is 0 Å². The van der Waals surface area contributed by atoms with E-state index in [0.29, 0.717) is 24.9 Å². The van der Waals surface area contributed by atoms with E-state index in [1.165, 1.54) is 0 Å². The molecule has 1 fully saturated rings. The molecule has 0 aromatic carbocycles. The molecule has 22 heavy (non-hydrogen) atoms. The van der Waals surface area contributed by atoms with Gasteiger partial charge in [-0.1, -0.05) is 0 Å². The maximum Gasteiger partial charge on any atom is 0.156 e. The van der Waals surface area contributed by atoms with Gasteiger partial charge in [-0.3, -0.25) is 0 Å². The molecule has 0 bridgehead atoms. The summed E-state index contributed by atoms with van der Waals surface area (Å²) in [6, 6.07) is 2.00. The fourth-order valence-electron chi connectivity index (χ4n) is 2.52. The number of methoxy groups -OCH3 is 1. The Morgan fingerprint density at radius 2 is 2.36 bits per heavy atom. The second kappa shape index (κ2) is 6.85. The van der Waals surface area contributed by atoms with E-state index in [2.05, 4.69) is 20.3 Å². The third kappa shape index (κ3) is 3.42. The third-order valence-corrected chi connectivity index (χ3v) is 3.76. The van der Waals surface area contributed by atoms with Crippen molar-refractivity contribution < 1.29 is 9.47 Å². The summed E-state index contributed by atoms with van der Waals surface area (Å²) in [6.07, 6.45) is 4.71. The number of aryl methyl sites for hydroxylation is 1. The Morgan fingerprint density at radius 3 is 3.05 bits per heavy atom. The molecule has 0 aliphatic carbocycles. The predicted octanol–water partition coefficient (Wildman–Crippen LogP) is 1.47. The Kier molecular flexibility index (Phi) is 4.65. The van der Waals surface area contributed by atoms with E-state index in [4.69, 9.17) is 9.47 Å². The zero-order chi connectivity index (χ0) is 15.4. The van der Waals surface area contributed by atoms with Crippen LogP contribution in [0.3, 0.4) is 0 Å². The van der Waals surface area contributed by atoms with Gasteiger partial charge in [0.2, 0.25) is 0 Å². The molecule has 0 saturated carbocycles. The highest BCUT2D eigenvalue weighted by Crippen LogP contribution is 2.25. The highest BCUT2D eigenvalue weighted by Gasteiger charge is 2.20. The van der Waals surface area contributed by atoms with Crippen molar-refractivity contribution >= 4 is 5.82 Å². The lowest BCUT2D eigenvalue weighted by molar-refractivity contribution is 0.177. The number of hydrogen-bond donors (Lipinski definition) is 1. The smallest absolute Gasteiger partial charge is 0.156 e. The van der Waals surface area contributed by atoms with Gasteiger partial charge in [0.25, 0.3) is 0 Å². The van der Waals surface area contributed by atoms with Gasteiger partial charge in [-0.15, -0.1) is 0 Å². The summed E-state index contributed by atoms with van der Waals surface area (Å²) in [5, 5.41) is 3.32. The fraction of sp³-hybridized carbons (Fsp3) is 0.533. The fourth-order valence-corrected chi connectivity index (χ4v) is 2.52. The van der Waals surface area contributed by atoms with E-state index in [1.807, 2.05) is 23.9 Å². The van der Waals surface area contributed by atoms with Gasteiger partial charge in [-0.25, -0.2) is 15.0 Å². The highest BCUT2D eigenvalue weighted by molar-refractivity contribution is 5.37. The molecule has 7 heteroatoms. The molecule has 0 unspecified atom stereocenters. The van der Waals surface area contributed by atoms with E-state index in [9.17, 15) is 0 Å². The van der Waals surface area contributed by atoms with Crippen molar-refractivity contribution in [3.63, 3.8) is 0 Å². The average molecular weight is 303 g/mol. The summed E-state index contributed by atoms with van der Waals surface area (Å²) in [5.74, 6) is 2.78. The minimum Gasteiger partial charge on any atom is -0.381 e. The monoisotopic (exact) mass is 303 g/mol. The van der Waals surface area contributed by atoms with Gasteiger partial charge in [0.1, 0.15) is 18.2 Å². The van der Waals surface area contributed by atoms with E-state index < -0.39 is 0 Å². The Bertz CT molecular complexity index is 622. The van der Waals surface area contributed by atoms with Gasteiger partial charge >= 0.3 is 0 Å². The standard InChI is InChI=1S/C15H21N5O2/c1-20-5-4-16-15(20)8-17-13-7-12(11-3-6-22-9-11)18-14(19-13)10-21-2/h4-5,7,11H,3,6,8-10H2,1-2H3,(H,17,18,19)/t11-/m1/s1. The van der Waals surface area contributed by atoms with Crippen LogP contribution in [0.5, 0.6) is 0 Å². The summed E-state index contributed by atoms with van der Waals surface area (Å²) >= 11 is 0. The molecule has 1 aliphatic rings. The molecule has 3 heterocycles. The Hall–Kier alpha value is -1.99. The van der Waals surface area contributed by atoms with Crippen molar-refractivity contribution in [1.82, 2.24) is 19.5 Å². The van der Waals surface area contributed by atoms with Crippen LogP contribution in [-0.4, -0.2) is 39.8 Å². The van der Waals surface area contributed by atoms with E-state index in [1.54, 1.807) is 13.3 Å². The van der Waals surface area contributed by atoms with Crippen LogP contribution < -0.4 is 5.32 Å². The van der Waals surface area contributed by atoms with Crippen LogP contribution in [-0.2, 0) is 29.7 Å². The summed E-state index contributed by atoms with van der Waals surface area (Å²) < 4.78 is 12.6. The van der Waals surface area contributed by atoms with Gasteiger partial charge in [0.15, 0.2) is 5.82 Å². The molecular formula is C15H21N5O2. The molecule has 2 aromatic heterocycles. The van der Waals surface area contributed by atoms with Crippen molar-refractivity contribution in [2.24, 2.45) is 7.05 Å². The van der Waals surface area contributed by atoms with Gasteiger partial charge in [0, 0.05) is 45.1 Å². The maximum atomic E-state index is 5.46. The Labute approximate surface area is 129 Å². The quantitative estimate of drug-likeness (QED) is 0.871. The summed E-state index contributed by atoms with van der Waals surface area (Å²) in [4.78, 5) is 13.4. The molecule has 0 amide bonds. The first-order chi connectivity index (χ1) is 10.8. The molecule has 7 nitrogen and oxygen atoms in total. The van der Waals surface area contributed by atoms with Gasteiger partial charge in [-0.05, 0) is 6.42 Å². The van der Waals surface area contributed by atoms with Crippen LogP contribution >= 0.6 is 0 Å². The van der Waals surface area contributed by atoms with Gasteiger partial charge < -0.3 is 19.4 Å². The number of anilines is 1. The maximum absolute atomic E-state index is 5.46. The van der Waals surface area contributed by atoms with Crippen LogP contribution in [0.2, 0.25) is 0 Å². The van der Waals surface area contributed by atoms with Crippen molar-refractivity contribution in [2.45, 2.75) is 25.5 Å². The van der Waals surface area contributed by atoms with Crippen molar-refractivity contribution in [3.05, 3.63) is 35.8 Å². The molecule has 1 aliphatic heterocycles. The lowest BCUT2D eigenvalue weighted by Gasteiger charge is -2.12. The Balaban J connectivity index is 1.77. The topological polar surface area (TPSA) is 74.1 Å². The number of aromatic nitrogens is 4. The average Bonchev–Trinajstić information content (AvgIpc) is 3.17. The lowest BCUT2D eigenvalue weighted by atomic mass is 10.0. The van der Waals surface area contributed by atoms with Crippen LogP contribution in [0.1, 0.15) is 29.7 Å². The molecule has 0 spiro atoms. The van der Waals surface area contributed by atoms with Crippen molar-refractivity contribution in [2.75, 3.05) is 25.6 Å². The number of imidazole rings is 1. The number of ether oxygens (including phenoxy) is 2. The normalized spacial score (nSPS) is 17.8. The minimum atomic E-state index is 0.340. The van der Waals surface area contributed by atoms with Gasteiger partial charge in [0.05, 0.1) is 18.8 Å². The predicted molar refractivity (Wildman–Crippen MR) is 81.5 cm³/mol. The molecule has 1 N–H and O–H groups in total. The molecule has 1 saturated heterocycles. The van der Waals surface area contributed by atoms with Crippen molar-refractivity contribution in [3.8, 4) is 0 Å². The number of nitrogens with one attached hydrogen (secondary N) is 1. The van der Waals surface area contributed by atoms with E-state index in [0.717, 1.165) is 37.0 Å². The third-order valence-electron chi connectivity index (χ3n) is 3.76. The number of nitrogens with zero attached hydrogens (tertiary/aromatic N) is 4. The van der Waals surface area contributed by atoms with Crippen LogP contribution in [0, 0.1) is 0 Å². The first-order valence-electron chi connectivity index (χ1n) is 7.41. The van der Waals surface area contributed by atoms with Gasteiger partial charge in [-0.2, -0.15) is 0 Å². The molecule has 2 aromatic rings. The molecule has 3 rings (SSSR count). The highest BCUT2D eigenvalue weighted by atomic mass is 16.5. The summed E-state index contributed by atoms with van der Waals surface area (Å²) in [6.45, 7) is 2.54. The molecular weight excluding hydrogens is 282 g/mol. The van der Waals surface area contributed by atoms with Crippen LogP contribution in [0.25, 0.3) is 0 Å². The SMILES string of the molecule is COCc1nc(NCc2nccn2C)cc([C@@H]2CCOC2)n1. The zero-order valence-electron chi connectivity index (χ0n) is 13.0. The number of rotatable bonds is 6. The summed E-state index contributed by atoms with van der Waals surface area (Å²) in [5.41, 5.74) is 1.02. The molecule has 0 radical (unpaired) electrons. The minimum absolute atomic E-state index is 0.340. The second-order valence-corrected chi connectivity index (χ2v) is 5.40. The van der Waals surface area contributed by atoms with E-state index in [-0.39, 0.29) is 0 Å². The van der Waals surface area contributed by atoms with Crippen molar-refractivity contribution in [1.29, 1.82) is 0 Å².